The van der Waals surface area contributed by atoms with Gasteiger partial charge in [-0.15, -0.1) is 11.3 Å². The number of carbonyl (C=O) groups excluding carboxylic acids is 1. The van der Waals surface area contributed by atoms with Crippen molar-refractivity contribution in [2.45, 2.75) is 39.2 Å². The fourth-order valence-electron chi connectivity index (χ4n) is 4.15. The Morgan fingerprint density at radius 2 is 1.85 bits per heavy atom. The average molecular weight is 479 g/mol. The Labute approximate surface area is 202 Å². The predicted molar refractivity (Wildman–Crippen MR) is 139 cm³/mol. The molecule has 0 spiro atoms. The summed E-state index contributed by atoms with van der Waals surface area (Å²) in [6.07, 6.45) is 0. The fraction of sp³-hybridized carbons (Fsp3) is 0.333. The van der Waals surface area contributed by atoms with Crippen molar-refractivity contribution in [3.05, 3.63) is 63.8 Å². The zero-order valence-corrected chi connectivity index (χ0v) is 21.0. The first-order valence-electron chi connectivity index (χ1n) is 11.3. The van der Waals surface area contributed by atoms with E-state index in [0.29, 0.717) is 11.2 Å². The Morgan fingerprint density at radius 1 is 1.12 bits per heavy atom. The lowest BCUT2D eigenvalue weighted by Crippen LogP contribution is -2.33. The molecule has 34 heavy (non-hydrogen) atoms. The molecule has 7 heteroatoms. The summed E-state index contributed by atoms with van der Waals surface area (Å²) in [5.74, 6) is 0.716. The first-order valence-corrected chi connectivity index (χ1v) is 12.2. The van der Waals surface area contributed by atoms with E-state index in [2.05, 4.69) is 41.5 Å². The quantitative estimate of drug-likeness (QED) is 0.345. The number of ether oxygens (including phenoxy) is 2. The molecule has 6 nitrogen and oxygen atoms in total. The number of H-pyrrole nitrogens is 1. The normalized spacial score (nSPS) is 12.7. The maximum atomic E-state index is 12.5. The van der Waals surface area contributed by atoms with E-state index in [-0.39, 0.29) is 24.0 Å². The van der Waals surface area contributed by atoms with Crippen molar-refractivity contribution in [2.24, 2.45) is 0 Å². The number of carbonyl (C=O) groups is 1. The maximum absolute atomic E-state index is 12.5. The Balaban J connectivity index is 1.59. The van der Waals surface area contributed by atoms with Gasteiger partial charge >= 0.3 is 5.97 Å². The molecule has 0 aliphatic heterocycles. The summed E-state index contributed by atoms with van der Waals surface area (Å²) in [6, 6.07) is 14.1. The molecule has 1 atom stereocenters. The minimum Gasteiger partial charge on any atom is -0.496 e. The summed E-state index contributed by atoms with van der Waals surface area (Å²) in [4.78, 5) is 27.4. The van der Waals surface area contributed by atoms with Crippen molar-refractivity contribution >= 4 is 38.3 Å². The Hall–Kier alpha value is -3.16. The van der Waals surface area contributed by atoms with Crippen LogP contribution in [-0.4, -0.2) is 36.8 Å². The van der Waals surface area contributed by atoms with Crippen molar-refractivity contribution < 1.29 is 14.3 Å². The Bertz CT molecular complexity index is 1380. The summed E-state index contributed by atoms with van der Waals surface area (Å²) in [5, 5.41) is 7.05. The molecular weight excluding hydrogens is 448 g/mol. The Morgan fingerprint density at radius 3 is 2.53 bits per heavy atom. The topological polar surface area (TPSA) is 80.4 Å². The number of rotatable bonds is 7. The van der Waals surface area contributed by atoms with Crippen molar-refractivity contribution in [1.82, 2.24) is 10.3 Å². The van der Waals surface area contributed by atoms with Crippen LogP contribution in [0.4, 0.5) is 0 Å². The second-order valence-corrected chi connectivity index (χ2v) is 10.3. The van der Waals surface area contributed by atoms with Crippen molar-refractivity contribution in [3.8, 4) is 16.9 Å². The van der Waals surface area contributed by atoms with Gasteiger partial charge in [0.15, 0.2) is 0 Å². The molecule has 178 valence electrons. The molecule has 0 saturated heterocycles. The van der Waals surface area contributed by atoms with Crippen molar-refractivity contribution in [1.29, 1.82) is 0 Å². The van der Waals surface area contributed by atoms with Gasteiger partial charge in [-0.05, 0) is 61.4 Å². The van der Waals surface area contributed by atoms with Crippen LogP contribution in [0.1, 0.15) is 39.2 Å². The summed E-state index contributed by atoms with van der Waals surface area (Å²) in [6.45, 7) is 8.55. The van der Waals surface area contributed by atoms with Crippen LogP contribution in [0.3, 0.4) is 0 Å². The van der Waals surface area contributed by atoms with E-state index < -0.39 is 5.60 Å². The molecule has 2 heterocycles. The number of hydrogen-bond donors (Lipinski definition) is 2. The van der Waals surface area contributed by atoms with Gasteiger partial charge in [0.25, 0.3) is 5.56 Å². The maximum Gasteiger partial charge on any atom is 0.320 e. The Kier molecular flexibility index (Phi) is 6.77. The highest BCUT2D eigenvalue weighted by Crippen LogP contribution is 2.40. The molecule has 2 aromatic heterocycles. The fourth-order valence-corrected chi connectivity index (χ4v) is 4.95. The molecule has 0 radical (unpaired) electrons. The van der Waals surface area contributed by atoms with Gasteiger partial charge in [0.1, 0.15) is 16.1 Å². The number of hydrogen-bond acceptors (Lipinski definition) is 6. The summed E-state index contributed by atoms with van der Waals surface area (Å²) in [5.41, 5.74) is 3.37. The van der Waals surface area contributed by atoms with Crippen LogP contribution in [0.15, 0.2) is 52.6 Å². The van der Waals surface area contributed by atoms with Gasteiger partial charge in [-0.3, -0.25) is 9.59 Å². The first-order chi connectivity index (χ1) is 16.2. The minimum atomic E-state index is -0.482. The lowest BCUT2D eigenvalue weighted by Gasteiger charge is -2.20. The van der Waals surface area contributed by atoms with Gasteiger partial charge in [0.05, 0.1) is 13.7 Å². The standard InChI is InChI=1S/C27H30N2O4S/c1-16(14-28-15-22(30)33-27(2,3)4)17-6-8-18(9-7-17)23-21(32-5)11-10-20-24(23)19-12-13-34-25(19)26(31)29-20/h6-13,16,28H,14-15H2,1-5H3,(H,29,31)/t16-/m0/s1. The van der Waals surface area contributed by atoms with Crippen LogP contribution in [-0.2, 0) is 9.53 Å². The van der Waals surface area contributed by atoms with Crippen LogP contribution in [0, 0.1) is 0 Å². The average Bonchev–Trinajstić information content (AvgIpc) is 3.28. The smallest absolute Gasteiger partial charge is 0.320 e. The SMILES string of the molecule is COc1ccc2[nH]c(=O)c3sccc3c2c1-c1ccc([C@@H](C)CNCC(=O)OC(C)(C)C)cc1. The van der Waals surface area contributed by atoms with Gasteiger partial charge in [0, 0.05) is 28.4 Å². The summed E-state index contributed by atoms with van der Waals surface area (Å²) in [7, 11) is 1.66. The molecule has 4 aromatic rings. The molecule has 0 bridgehead atoms. The number of nitrogens with one attached hydrogen (secondary N) is 2. The summed E-state index contributed by atoms with van der Waals surface area (Å²) >= 11 is 1.44. The second-order valence-electron chi connectivity index (χ2n) is 9.42. The predicted octanol–water partition coefficient (Wildman–Crippen LogP) is 5.45. The van der Waals surface area contributed by atoms with E-state index in [1.54, 1.807) is 7.11 Å². The molecule has 0 unspecified atom stereocenters. The van der Waals surface area contributed by atoms with E-state index >= 15 is 0 Å². The number of methoxy groups -OCH3 is 1. The number of fused-ring (bicyclic) bond motifs is 3. The van der Waals surface area contributed by atoms with E-state index in [9.17, 15) is 9.59 Å². The molecule has 4 rings (SSSR count). The van der Waals surface area contributed by atoms with Crippen LogP contribution in [0.25, 0.3) is 32.1 Å². The highest BCUT2D eigenvalue weighted by atomic mass is 32.1. The number of thiophene rings is 1. The number of benzene rings is 2. The molecule has 0 aliphatic rings. The van der Waals surface area contributed by atoms with Crippen LogP contribution in [0.5, 0.6) is 5.75 Å². The highest BCUT2D eigenvalue weighted by Gasteiger charge is 2.18. The van der Waals surface area contributed by atoms with Gasteiger partial charge in [-0.1, -0.05) is 31.2 Å². The number of pyridine rings is 1. The molecule has 0 aliphatic carbocycles. The first kappa shape index (κ1) is 24.0. The monoisotopic (exact) mass is 478 g/mol. The largest absolute Gasteiger partial charge is 0.496 e. The lowest BCUT2D eigenvalue weighted by molar-refractivity contribution is -0.153. The minimum absolute atomic E-state index is 0.0725. The van der Waals surface area contributed by atoms with E-state index in [1.807, 2.05) is 44.4 Å². The number of aromatic nitrogens is 1. The molecule has 0 fully saturated rings. The highest BCUT2D eigenvalue weighted by molar-refractivity contribution is 7.17. The molecule has 0 amide bonds. The van der Waals surface area contributed by atoms with Crippen molar-refractivity contribution in [3.63, 3.8) is 0 Å². The van der Waals surface area contributed by atoms with Crippen molar-refractivity contribution in [2.75, 3.05) is 20.2 Å². The van der Waals surface area contributed by atoms with Gasteiger partial charge in [-0.25, -0.2) is 0 Å². The third-order valence-electron chi connectivity index (χ3n) is 5.68. The summed E-state index contributed by atoms with van der Waals surface area (Å²) < 4.78 is 11.8. The van der Waals surface area contributed by atoms with Crippen LogP contribution >= 0.6 is 11.3 Å². The molecule has 0 saturated carbocycles. The number of aromatic amines is 1. The van der Waals surface area contributed by atoms with E-state index in [4.69, 9.17) is 9.47 Å². The molecular formula is C27H30N2O4S. The van der Waals surface area contributed by atoms with Crippen LogP contribution in [0.2, 0.25) is 0 Å². The zero-order valence-electron chi connectivity index (χ0n) is 20.2. The third kappa shape index (κ3) is 5.00. The zero-order chi connectivity index (χ0) is 24.5. The van der Waals surface area contributed by atoms with Gasteiger partial charge in [-0.2, -0.15) is 0 Å². The lowest BCUT2D eigenvalue weighted by atomic mass is 9.94. The third-order valence-corrected chi connectivity index (χ3v) is 6.60. The van der Waals surface area contributed by atoms with E-state index in [1.165, 1.54) is 11.3 Å². The second kappa shape index (κ2) is 9.60. The molecule has 2 aromatic carbocycles. The van der Waals surface area contributed by atoms with Gasteiger partial charge < -0.3 is 19.8 Å². The van der Waals surface area contributed by atoms with Gasteiger partial charge in [0.2, 0.25) is 0 Å². The molecule has 2 N–H and O–H groups in total. The number of esters is 1. The van der Waals surface area contributed by atoms with E-state index in [0.717, 1.165) is 38.7 Å². The van der Waals surface area contributed by atoms with Crippen LogP contribution < -0.4 is 15.6 Å².